The zero-order chi connectivity index (χ0) is 16.1. The first-order chi connectivity index (χ1) is 10.6. The second-order valence-corrected chi connectivity index (χ2v) is 4.18. The molecule has 0 saturated heterocycles. The van der Waals surface area contributed by atoms with Crippen LogP contribution < -0.4 is 9.47 Å². The first-order valence-corrected chi connectivity index (χ1v) is 6.08. The Balaban J connectivity index is 2.52. The van der Waals surface area contributed by atoms with Crippen molar-refractivity contribution in [3.05, 3.63) is 57.6 Å². The molecule has 0 unspecified atom stereocenters. The summed E-state index contributed by atoms with van der Waals surface area (Å²) in [6.07, 6.45) is 0.617. The van der Waals surface area contributed by atoms with Gasteiger partial charge in [0, 0.05) is 17.7 Å². The van der Waals surface area contributed by atoms with Crippen LogP contribution in [-0.4, -0.2) is 18.3 Å². The Morgan fingerprint density at radius 3 is 2.55 bits per heavy atom. The summed E-state index contributed by atoms with van der Waals surface area (Å²) in [5, 5.41) is 19.9. The van der Waals surface area contributed by atoms with Crippen LogP contribution in [0.15, 0.2) is 36.4 Å². The maximum absolute atomic E-state index is 11.0. The number of hydrogen-bond acceptors (Lipinski definition) is 6. The standard InChI is InChI=1S/C15H10N2O5/c1-21-13-5-3-11(9-18)7-15(13)22-14-6-10(8-16)2-4-12(14)17(19)20/h2-7,9H,1H3. The summed E-state index contributed by atoms with van der Waals surface area (Å²) < 4.78 is 10.6. The predicted octanol–water partition coefficient (Wildman–Crippen LogP) is 3.08. The molecule has 2 rings (SSSR count). The number of rotatable bonds is 5. The highest BCUT2D eigenvalue weighted by Gasteiger charge is 2.18. The van der Waals surface area contributed by atoms with Crippen LogP contribution in [0.3, 0.4) is 0 Å². The van der Waals surface area contributed by atoms with E-state index in [-0.39, 0.29) is 22.7 Å². The molecule has 0 bridgehead atoms. The van der Waals surface area contributed by atoms with Gasteiger partial charge in [0.2, 0.25) is 5.75 Å². The van der Waals surface area contributed by atoms with Crippen LogP contribution in [0.4, 0.5) is 5.69 Å². The van der Waals surface area contributed by atoms with E-state index >= 15 is 0 Å². The number of benzene rings is 2. The average Bonchev–Trinajstić information content (AvgIpc) is 2.54. The lowest BCUT2D eigenvalue weighted by atomic mass is 10.2. The molecular weight excluding hydrogens is 288 g/mol. The molecule has 22 heavy (non-hydrogen) atoms. The number of nitrogens with zero attached hydrogens (tertiary/aromatic N) is 2. The van der Waals surface area contributed by atoms with Crippen molar-refractivity contribution < 1.29 is 19.2 Å². The van der Waals surface area contributed by atoms with Crippen molar-refractivity contribution >= 4 is 12.0 Å². The van der Waals surface area contributed by atoms with E-state index in [1.54, 1.807) is 0 Å². The molecule has 0 saturated carbocycles. The summed E-state index contributed by atoms with van der Waals surface area (Å²) in [5.74, 6) is 0.345. The van der Waals surface area contributed by atoms with Crippen LogP contribution in [0.2, 0.25) is 0 Å². The highest BCUT2D eigenvalue weighted by molar-refractivity contribution is 5.76. The number of ether oxygens (including phenoxy) is 2. The quantitative estimate of drug-likeness (QED) is 0.477. The summed E-state index contributed by atoms with van der Waals surface area (Å²) in [4.78, 5) is 21.3. The van der Waals surface area contributed by atoms with E-state index in [1.165, 1.54) is 43.5 Å². The number of nitro groups is 1. The van der Waals surface area contributed by atoms with Gasteiger partial charge in [0.1, 0.15) is 6.29 Å². The first kappa shape index (κ1) is 15.0. The third kappa shape index (κ3) is 3.02. The minimum atomic E-state index is -0.619. The van der Waals surface area contributed by atoms with E-state index in [0.29, 0.717) is 17.6 Å². The van der Waals surface area contributed by atoms with E-state index in [4.69, 9.17) is 14.7 Å². The SMILES string of the molecule is COc1ccc(C=O)cc1Oc1cc(C#N)ccc1[N+](=O)[O-]. The van der Waals surface area contributed by atoms with Gasteiger partial charge in [-0.05, 0) is 24.3 Å². The fourth-order valence-electron chi connectivity index (χ4n) is 1.78. The number of hydrogen-bond donors (Lipinski definition) is 0. The molecule has 0 aliphatic rings. The first-order valence-electron chi connectivity index (χ1n) is 6.08. The van der Waals surface area contributed by atoms with Gasteiger partial charge in [0.15, 0.2) is 11.5 Å². The van der Waals surface area contributed by atoms with Gasteiger partial charge in [-0.1, -0.05) is 0 Å². The van der Waals surface area contributed by atoms with Gasteiger partial charge in [0.05, 0.1) is 23.7 Å². The largest absolute Gasteiger partial charge is 0.493 e. The van der Waals surface area contributed by atoms with Crippen molar-refractivity contribution in [2.45, 2.75) is 0 Å². The molecule has 0 aliphatic carbocycles. The minimum absolute atomic E-state index is 0.106. The maximum atomic E-state index is 11.0. The van der Waals surface area contributed by atoms with Gasteiger partial charge in [0.25, 0.3) is 0 Å². The molecule has 7 heteroatoms. The number of aldehydes is 1. The molecule has 0 fully saturated rings. The predicted molar refractivity (Wildman–Crippen MR) is 76.3 cm³/mol. The highest BCUT2D eigenvalue weighted by Crippen LogP contribution is 2.37. The molecule has 0 aliphatic heterocycles. The Labute approximate surface area is 125 Å². The van der Waals surface area contributed by atoms with Crippen LogP contribution in [0, 0.1) is 21.4 Å². The highest BCUT2D eigenvalue weighted by atomic mass is 16.6. The maximum Gasteiger partial charge on any atom is 0.311 e. The zero-order valence-electron chi connectivity index (χ0n) is 11.5. The molecule has 0 N–H and O–H groups in total. The summed E-state index contributed by atoms with van der Waals surface area (Å²) in [6, 6.07) is 10.1. The van der Waals surface area contributed by atoms with Gasteiger partial charge in [-0.3, -0.25) is 14.9 Å². The summed E-state index contributed by atoms with van der Waals surface area (Å²) >= 11 is 0. The lowest BCUT2D eigenvalue weighted by Crippen LogP contribution is -1.96. The Morgan fingerprint density at radius 2 is 1.95 bits per heavy atom. The number of carbonyl (C=O) groups excluding carboxylic acids is 1. The summed E-state index contributed by atoms with van der Waals surface area (Å²) in [6.45, 7) is 0. The lowest BCUT2D eigenvalue weighted by molar-refractivity contribution is -0.385. The normalized spacial score (nSPS) is 9.64. The molecule has 2 aromatic carbocycles. The van der Waals surface area contributed by atoms with E-state index in [9.17, 15) is 14.9 Å². The molecule has 0 spiro atoms. The van der Waals surface area contributed by atoms with Crippen molar-refractivity contribution in [3.63, 3.8) is 0 Å². The van der Waals surface area contributed by atoms with Crippen LogP contribution in [0.1, 0.15) is 15.9 Å². The molecule has 110 valence electrons. The number of nitriles is 1. The van der Waals surface area contributed by atoms with Gasteiger partial charge >= 0.3 is 5.69 Å². The van der Waals surface area contributed by atoms with E-state index in [0.717, 1.165) is 0 Å². The van der Waals surface area contributed by atoms with Crippen molar-refractivity contribution in [2.24, 2.45) is 0 Å². The van der Waals surface area contributed by atoms with Gasteiger partial charge in [-0.25, -0.2) is 0 Å². The molecule has 0 amide bonds. The fourth-order valence-corrected chi connectivity index (χ4v) is 1.78. The second-order valence-electron chi connectivity index (χ2n) is 4.18. The monoisotopic (exact) mass is 298 g/mol. The Morgan fingerprint density at radius 1 is 1.18 bits per heavy atom. The van der Waals surface area contributed by atoms with Crippen molar-refractivity contribution in [2.75, 3.05) is 7.11 Å². The third-order valence-corrected chi connectivity index (χ3v) is 2.83. The van der Waals surface area contributed by atoms with Crippen LogP contribution in [0.5, 0.6) is 17.2 Å². The topological polar surface area (TPSA) is 102 Å². The molecule has 0 heterocycles. The Kier molecular flexibility index (Phi) is 4.34. The van der Waals surface area contributed by atoms with Crippen molar-refractivity contribution in [3.8, 4) is 23.3 Å². The van der Waals surface area contributed by atoms with E-state index < -0.39 is 4.92 Å². The molecule has 0 radical (unpaired) electrons. The van der Waals surface area contributed by atoms with Crippen molar-refractivity contribution in [1.82, 2.24) is 0 Å². The van der Waals surface area contributed by atoms with Gasteiger partial charge < -0.3 is 9.47 Å². The van der Waals surface area contributed by atoms with Crippen LogP contribution >= 0.6 is 0 Å². The minimum Gasteiger partial charge on any atom is -0.493 e. The summed E-state index contributed by atoms with van der Waals surface area (Å²) in [7, 11) is 1.41. The average molecular weight is 298 g/mol. The van der Waals surface area contributed by atoms with Gasteiger partial charge in [-0.2, -0.15) is 5.26 Å². The fraction of sp³-hybridized carbons (Fsp3) is 0.0667. The molecular formula is C15H10N2O5. The number of methoxy groups -OCH3 is 1. The number of nitro benzene ring substituents is 1. The Bertz CT molecular complexity index is 780. The molecule has 2 aromatic rings. The van der Waals surface area contributed by atoms with Crippen molar-refractivity contribution in [1.29, 1.82) is 5.26 Å². The summed E-state index contributed by atoms with van der Waals surface area (Å²) in [5.41, 5.74) is 0.249. The van der Waals surface area contributed by atoms with Gasteiger partial charge in [-0.15, -0.1) is 0 Å². The zero-order valence-corrected chi connectivity index (χ0v) is 11.5. The molecule has 0 atom stereocenters. The smallest absolute Gasteiger partial charge is 0.311 e. The molecule has 0 aromatic heterocycles. The molecule has 7 nitrogen and oxygen atoms in total. The third-order valence-electron chi connectivity index (χ3n) is 2.83. The van der Waals surface area contributed by atoms with E-state index in [1.807, 2.05) is 6.07 Å². The van der Waals surface area contributed by atoms with E-state index in [2.05, 4.69) is 0 Å². The number of carbonyl (C=O) groups is 1. The van der Waals surface area contributed by atoms with Crippen LogP contribution in [-0.2, 0) is 0 Å². The lowest BCUT2D eigenvalue weighted by Gasteiger charge is -2.11. The van der Waals surface area contributed by atoms with Crippen LogP contribution in [0.25, 0.3) is 0 Å². The Hall–Kier alpha value is -3.40. The second kappa shape index (κ2) is 6.37.